The number of rotatable bonds is 2. The fourth-order valence-electron chi connectivity index (χ4n) is 1.37. The van der Waals surface area contributed by atoms with Crippen LogP contribution in [-0.2, 0) is 9.05 Å². The minimum absolute atomic E-state index is 0.0145. The summed E-state index contributed by atoms with van der Waals surface area (Å²) in [5.41, 5.74) is 1.10. The van der Waals surface area contributed by atoms with Gasteiger partial charge in [0.05, 0.1) is 4.90 Å². The average molecular weight is 274 g/mol. The summed E-state index contributed by atoms with van der Waals surface area (Å²) in [6, 6.07) is 4.32. The summed E-state index contributed by atoms with van der Waals surface area (Å²) < 4.78 is 22.1. The standard InChI is InChI=1S/C9H6ClNO3S.C2H6/c10-15(13,14)7-1-2-9-8(3-7)6(5-12)4-11-9;1-2/h1-5,11H;1-2H3. The first-order chi connectivity index (χ1) is 8.02. The van der Waals surface area contributed by atoms with Crippen molar-refractivity contribution in [3.63, 3.8) is 0 Å². The van der Waals surface area contributed by atoms with Gasteiger partial charge < -0.3 is 4.98 Å². The Morgan fingerprint density at radius 1 is 1.29 bits per heavy atom. The number of carbonyl (C=O) groups excluding carboxylic acids is 1. The normalized spacial score (nSPS) is 10.8. The van der Waals surface area contributed by atoms with E-state index < -0.39 is 9.05 Å². The van der Waals surface area contributed by atoms with Crippen LogP contribution in [0.3, 0.4) is 0 Å². The molecule has 4 nitrogen and oxygen atoms in total. The molecule has 0 amide bonds. The monoisotopic (exact) mass is 273 g/mol. The summed E-state index contributed by atoms with van der Waals surface area (Å²) in [6.07, 6.45) is 2.17. The van der Waals surface area contributed by atoms with E-state index in [-0.39, 0.29) is 4.90 Å². The molecule has 1 heterocycles. The average Bonchev–Trinajstić information content (AvgIpc) is 2.72. The summed E-state index contributed by atoms with van der Waals surface area (Å²) in [4.78, 5) is 13.5. The molecular weight excluding hydrogens is 262 g/mol. The lowest BCUT2D eigenvalue weighted by molar-refractivity contribution is 0.112. The Kier molecular flexibility index (Phi) is 4.31. The van der Waals surface area contributed by atoms with Crippen molar-refractivity contribution in [3.8, 4) is 0 Å². The Hall–Kier alpha value is -1.33. The Labute approximate surface area is 104 Å². The fourth-order valence-corrected chi connectivity index (χ4v) is 2.15. The second-order valence-electron chi connectivity index (χ2n) is 3.01. The molecule has 0 spiro atoms. The van der Waals surface area contributed by atoms with Crippen LogP contribution in [0, 0.1) is 0 Å². The predicted molar refractivity (Wildman–Crippen MR) is 68.1 cm³/mol. The molecule has 0 fully saturated rings. The van der Waals surface area contributed by atoms with Gasteiger partial charge in [0.25, 0.3) is 9.05 Å². The van der Waals surface area contributed by atoms with Crippen LogP contribution < -0.4 is 0 Å². The molecule has 2 aromatic rings. The van der Waals surface area contributed by atoms with Gasteiger partial charge in [0.15, 0.2) is 6.29 Å². The molecule has 1 aromatic carbocycles. The van der Waals surface area contributed by atoms with E-state index in [0.717, 1.165) is 0 Å². The minimum atomic E-state index is -3.75. The quantitative estimate of drug-likeness (QED) is 0.676. The third-order valence-electron chi connectivity index (χ3n) is 2.09. The third-order valence-corrected chi connectivity index (χ3v) is 3.45. The number of nitrogens with one attached hydrogen (secondary N) is 1. The molecule has 92 valence electrons. The Balaban J connectivity index is 0.000000686. The number of benzene rings is 1. The van der Waals surface area contributed by atoms with Crippen LogP contribution in [0.15, 0.2) is 29.3 Å². The van der Waals surface area contributed by atoms with Crippen molar-refractivity contribution in [3.05, 3.63) is 30.0 Å². The van der Waals surface area contributed by atoms with Crippen LogP contribution in [0.1, 0.15) is 24.2 Å². The van der Waals surface area contributed by atoms with Gasteiger partial charge in [-0.05, 0) is 18.2 Å². The van der Waals surface area contributed by atoms with Crippen LogP contribution in [0.4, 0.5) is 0 Å². The molecule has 0 atom stereocenters. The van der Waals surface area contributed by atoms with Gasteiger partial charge in [0.1, 0.15) is 0 Å². The maximum absolute atomic E-state index is 11.1. The van der Waals surface area contributed by atoms with Gasteiger partial charge in [-0.1, -0.05) is 13.8 Å². The van der Waals surface area contributed by atoms with E-state index in [4.69, 9.17) is 10.7 Å². The summed E-state index contributed by atoms with van der Waals surface area (Å²) in [7, 11) is 1.44. The Bertz CT molecular complexity index is 631. The van der Waals surface area contributed by atoms with E-state index in [1.807, 2.05) is 13.8 Å². The lowest BCUT2D eigenvalue weighted by Crippen LogP contribution is -1.89. The molecule has 1 aromatic heterocycles. The second-order valence-corrected chi connectivity index (χ2v) is 5.57. The van der Waals surface area contributed by atoms with Gasteiger partial charge in [-0.3, -0.25) is 4.79 Å². The number of aromatic amines is 1. The number of hydrogen-bond acceptors (Lipinski definition) is 3. The van der Waals surface area contributed by atoms with Crippen LogP contribution in [0.2, 0.25) is 0 Å². The lowest BCUT2D eigenvalue weighted by Gasteiger charge is -1.96. The van der Waals surface area contributed by atoms with E-state index in [9.17, 15) is 13.2 Å². The molecule has 17 heavy (non-hydrogen) atoms. The van der Waals surface area contributed by atoms with Crippen LogP contribution in [0.25, 0.3) is 10.9 Å². The van der Waals surface area contributed by atoms with Crippen molar-refractivity contribution < 1.29 is 13.2 Å². The number of carbonyl (C=O) groups is 1. The molecule has 6 heteroatoms. The number of halogens is 1. The largest absolute Gasteiger partial charge is 0.360 e. The van der Waals surface area contributed by atoms with Crippen molar-refractivity contribution in [2.75, 3.05) is 0 Å². The van der Waals surface area contributed by atoms with Gasteiger partial charge in [-0.15, -0.1) is 0 Å². The van der Waals surface area contributed by atoms with E-state index in [1.54, 1.807) is 6.07 Å². The SMILES string of the molecule is CC.O=Cc1c[nH]c2ccc(S(=O)(=O)Cl)cc12. The molecular formula is C11H12ClNO3S. The van der Waals surface area contributed by atoms with Gasteiger partial charge in [-0.25, -0.2) is 8.42 Å². The molecule has 0 bridgehead atoms. The highest BCUT2D eigenvalue weighted by Gasteiger charge is 2.12. The first kappa shape index (κ1) is 13.7. The fraction of sp³-hybridized carbons (Fsp3) is 0.182. The smallest absolute Gasteiger partial charge is 0.261 e. The van der Waals surface area contributed by atoms with E-state index >= 15 is 0 Å². The summed E-state index contributed by atoms with van der Waals surface area (Å²) in [5.74, 6) is 0. The summed E-state index contributed by atoms with van der Waals surface area (Å²) in [5, 5.41) is 0.548. The molecule has 0 radical (unpaired) electrons. The summed E-state index contributed by atoms with van der Waals surface area (Å²) in [6.45, 7) is 4.00. The minimum Gasteiger partial charge on any atom is -0.360 e. The molecule has 0 unspecified atom stereocenters. The van der Waals surface area contributed by atoms with Crippen molar-refractivity contribution in [2.45, 2.75) is 18.7 Å². The first-order valence-corrected chi connectivity index (χ1v) is 7.34. The van der Waals surface area contributed by atoms with Gasteiger partial charge in [0.2, 0.25) is 0 Å². The molecule has 0 aliphatic heterocycles. The zero-order valence-corrected chi connectivity index (χ0v) is 11.0. The number of hydrogen-bond donors (Lipinski definition) is 1. The highest BCUT2D eigenvalue weighted by molar-refractivity contribution is 8.13. The van der Waals surface area contributed by atoms with Crippen LogP contribution in [-0.4, -0.2) is 19.7 Å². The van der Waals surface area contributed by atoms with Gasteiger partial charge in [-0.2, -0.15) is 0 Å². The van der Waals surface area contributed by atoms with E-state index in [1.165, 1.54) is 18.3 Å². The highest BCUT2D eigenvalue weighted by atomic mass is 35.7. The van der Waals surface area contributed by atoms with Crippen LogP contribution in [0.5, 0.6) is 0 Å². The predicted octanol–water partition coefficient (Wildman–Crippen LogP) is 2.93. The van der Waals surface area contributed by atoms with Crippen LogP contribution >= 0.6 is 10.7 Å². The van der Waals surface area contributed by atoms with E-state index in [2.05, 4.69) is 4.98 Å². The van der Waals surface area contributed by atoms with Crippen molar-refractivity contribution in [1.82, 2.24) is 4.98 Å². The number of H-pyrrole nitrogens is 1. The van der Waals surface area contributed by atoms with Crippen molar-refractivity contribution in [1.29, 1.82) is 0 Å². The Morgan fingerprint density at radius 3 is 2.47 bits per heavy atom. The van der Waals surface area contributed by atoms with Gasteiger partial charge in [0, 0.05) is 33.3 Å². The molecule has 0 saturated carbocycles. The van der Waals surface area contributed by atoms with Gasteiger partial charge >= 0.3 is 0 Å². The number of fused-ring (bicyclic) bond motifs is 1. The number of aldehydes is 1. The third kappa shape index (κ3) is 2.87. The maximum Gasteiger partial charge on any atom is 0.261 e. The topological polar surface area (TPSA) is 67.0 Å². The van der Waals surface area contributed by atoms with E-state index in [0.29, 0.717) is 22.8 Å². The number of aromatic nitrogens is 1. The zero-order valence-electron chi connectivity index (χ0n) is 9.40. The Morgan fingerprint density at radius 2 is 1.94 bits per heavy atom. The second kappa shape index (κ2) is 5.33. The van der Waals surface area contributed by atoms with Crippen molar-refractivity contribution >= 4 is 36.9 Å². The molecule has 1 N–H and O–H groups in total. The molecule has 0 aliphatic rings. The lowest BCUT2D eigenvalue weighted by atomic mass is 10.2. The molecule has 0 saturated heterocycles. The summed E-state index contributed by atoms with van der Waals surface area (Å²) >= 11 is 0. The maximum atomic E-state index is 11.1. The van der Waals surface area contributed by atoms with Crippen molar-refractivity contribution in [2.24, 2.45) is 0 Å². The first-order valence-electron chi connectivity index (χ1n) is 5.03. The molecule has 2 rings (SSSR count). The molecule has 0 aliphatic carbocycles. The zero-order chi connectivity index (χ0) is 13.1. The highest BCUT2D eigenvalue weighted by Crippen LogP contribution is 2.23.